The van der Waals surface area contributed by atoms with Crippen LogP contribution in [0.5, 0.6) is 0 Å². The molecule has 0 atom stereocenters. The van der Waals surface area contributed by atoms with Crippen LogP contribution in [-0.4, -0.2) is 10.2 Å². The van der Waals surface area contributed by atoms with Gasteiger partial charge in [-0.1, -0.05) is 30.3 Å². The zero-order valence-electron chi connectivity index (χ0n) is 10.6. The van der Waals surface area contributed by atoms with Gasteiger partial charge in [0.15, 0.2) is 0 Å². The third-order valence-electron chi connectivity index (χ3n) is 3.67. The van der Waals surface area contributed by atoms with Crippen LogP contribution >= 0.6 is 0 Å². The van der Waals surface area contributed by atoms with Gasteiger partial charge < -0.3 is 0 Å². The molecule has 4 nitrogen and oxygen atoms in total. The van der Waals surface area contributed by atoms with Gasteiger partial charge in [-0.25, -0.2) is 0 Å². The summed E-state index contributed by atoms with van der Waals surface area (Å²) in [6, 6.07) is 10.0. The van der Waals surface area contributed by atoms with Gasteiger partial charge in [0.1, 0.15) is 0 Å². The maximum atomic E-state index is 11.8. The molecule has 0 fully saturated rings. The van der Waals surface area contributed by atoms with Crippen LogP contribution in [0.4, 0.5) is 0 Å². The van der Waals surface area contributed by atoms with Gasteiger partial charge >= 0.3 is 5.56 Å². The van der Waals surface area contributed by atoms with Gasteiger partial charge in [0.05, 0.1) is 5.69 Å². The molecule has 19 heavy (non-hydrogen) atoms. The molecule has 3 rings (SSSR count). The Balaban J connectivity index is 2.20. The van der Waals surface area contributed by atoms with Crippen LogP contribution in [0, 0.1) is 0 Å². The first kappa shape index (κ1) is 11.7. The van der Waals surface area contributed by atoms with Crippen molar-refractivity contribution in [3.63, 3.8) is 0 Å². The lowest BCUT2D eigenvalue weighted by atomic mass is 10.00. The average Bonchev–Trinajstić information content (AvgIpc) is 2.87. The van der Waals surface area contributed by atoms with Crippen molar-refractivity contribution < 1.29 is 0 Å². The SMILES string of the molecule is C/C(=C1/CCc2c1[nH][nH]c(=O)c2=O)c1ccccc1. The second-order valence-electron chi connectivity index (χ2n) is 4.73. The van der Waals surface area contributed by atoms with E-state index in [4.69, 9.17) is 0 Å². The van der Waals surface area contributed by atoms with E-state index in [9.17, 15) is 9.59 Å². The predicted molar refractivity (Wildman–Crippen MR) is 74.9 cm³/mol. The van der Waals surface area contributed by atoms with Crippen molar-refractivity contribution in [2.75, 3.05) is 0 Å². The maximum absolute atomic E-state index is 11.8. The predicted octanol–water partition coefficient (Wildman–Crippen LogP) is 1.94. The molecule has 2 N–H and O–H groups in total. The van der Waals surface area contributed by atoms with Gasteiger partial charge in [-0.15, -0.1) is 0 Å². The first-order chi connectivity index (χ1) is 9.18. The third-order valence-corrected chi connectivity index (χ3v) is 3.67. The Morgan fingerprint density at radius 3 is 2.53 bits per heavy atom. The van der Waals surface area contributed by atoms with Crippen molar-refractivity contribution in [2.45, 2.75) is 19.8 Å². The number of aromatic nitrogens is 2. The molecule has 1 aliphatic rings. The van der Waals surface area contributed by atoms with Gasteiger partial charge in [0.2, 0.25) is 5.43 Å². The smallest absolute Gasteiger partial charge is 0.298 e. The quantitative estimate of drug-likeness (QED) is 0.764. The Kier molecular flexibility index (Phi) is 2.71. The van der Waals surface area contributed by atoms with Gasteiger partial charge in [-0.05, 0) is 36.5 Å². The summed E-state index contributed by atoms with van der Waals surface area (Å²) in [6.07, 6.45) is 1.42. The summed E-state index contributed by atoms with van der Waals surface area (Å²) in [4.78, 5) is 23.1. The molecule has 0 unspecified atom stereocenters. The lowest BCUT2D eigenvalue weighted by Crippen LogP contribution is -2.31. The van der Waals surface area contributed by atoms with E-state index < -0.39 is 11.0 Å². The van der Waals surface area contributed by atoms with E-state index in [0.717, 1.165) is 28.8 Å². The van der Waals surface area contributed by atoms with Crippen LogP contribution in [0.3, 0.4) is 0 Å². The molecule has 0 bridgehead atoms. The number of rotatable bonds is 1. The van der Waals surface area contributed by atoms with Crippen LogP contribution in [0.15, 0.2) is 39.9 Å². The van der Waals surface area contributed by atoms with Crippen LogP contribution < -0.4 is 11.0 Å². The molecule has 4 heteroatoms. The lowest BCUT2D eigenvalue weighted by molar-refractivity contribution is 0.936. The fourth-order valence-electron chi connectivity index (χ4n) is 2.61. The van der Waals surface area contributed by atoms with Gasteiger partial charge in [0.25, 0.3) is 0 Å². The van der Waals surface area contributed by atoms with E-state index in [1.165, 1.54) is 0 Å². The van der Waals surface area contributed by atoms with E-state index in [1.54, 1.807) is 0 Å². The zero-order chi connectivity index (χ0) is 13.4. The Morgan fingerprint density at radius 1 is 1.05 bits per heavy atom. The highest BCUT2D eigenvalue weighted by Crippen LogP contribution is 2.34. The molecule has 1 aliphatic carbocycles. The van der Waals surface area contributed by atoms with E-state index in [1.807, 2.05) is 37.3 Å². The number of nitrogens with one attached hydrogen (secondary N) is 2. The molecule has 1 heterocycles. The van der Waals surface area contributed by atoms with Crippen LogP contribution in [0.2, 0.25) is 0 Å². The molecule has 1 aromatic carbocycles. The summed E-state index contributed by atoms with van der Waals surface area (Å²) >= 11 is 0. The van der Waals surface area contributed by atoms with Gasteiger partial charge in [-0.2, -0.15) is 0 Å². The first-order valence-corrected chi connectivity index (χ1v) is 6.28. The summed E-state index contributed by atoms with van der Waals surface area (Å²) in [5, 5.41) is 5.27. The molecule has 0 spiro atoms. The monoisotopic (exact) mass is 254 g/mol. The fraction of sp³-hybridized carbons (Fsp3) is 0.200. The summed E-state index contributed by atoms with van der Waals surface area (Å²) in [6.45, 7) is 2.04. The van der Waals surface area contributed by atoms with Crippen molar-refractivity contribution in [1.29, 1.82) is 0 Å². The van der Waals surface area contributed by atoms with E-state index in [2.05, 4.69) is 10.2 Å². The number of aromatic amines is 2. The molecule has 2 aromatic rings. The number of hydrogen-bond acceptors (Lipinski definition) is 2. The summed E-state index contributed by atoms with van der Waals surface area (Å²) < 4.78 is 0. The molecular weight excluding hydrogens is 240 g/mol. The Morgan fingerprint density at radius 2 is 1.79 bits per heavy atom. The second kappa shape index (κ2) is 4.39. The van der Waals surface area contributed by atoms with Crippen molar-refractivity contribution >= 4 is 11.1 Å². The number of hydrogen-bond donors (Lipinski definition) is 2. The van der Waals surface area contributed by atoms with Crippen LogP contribution in [0.25, 0.3) is 11.1 Å². The summed E-state index contributed by atoms with van der Waals surface area (Å²) in [5.74, 6) is 0. The normalized spacial score (nSPS) is 16.3. The average molecular weight is 254 g/mol. The molecule has 0 aliphatic heterocycles. The fourth-order valence-corrected chi connectivity index (χ4v) is 2.61. The van der Waals surface area contributed by atoms with Gasteiger partial charge in [-0.3, -0.25) is 19.8 Å². The van der Waals surface area contributed by atoms with Crippen molar-refractivity contribution in [1.82, 2.24) is 10.2 Å². The maximum Gasteiger partial charge on any atom is 0.310 e. The van der Waals surface area contributed by atoms with Crippen LogP contribution in [-0.2, 0) is 6.42 Å². The molecule has 1 aromatic heterocycles. The lowest BCUT2D eigenvalue weighted by Gasteiger charge is -2.07. The largest absolute Gasteiger partial charge is 0.310 e. The topological polar surface area (TPSA) is 65.7 Å². The molecule has 96 valence electrons. The summed E-state index contributed by atoms with van der Waals surface area (Å²) in [7, 11) is 0. The minimum atomic E-state index is -0.572. The van der Waals surface area contributed by atoms with E-state index >= 15 is 0 Å². The zero-order valence-corrected chi connectivity index (χ0v) is 10.6. The van der Waals surface area contributed by atoms with Crippen molar-refractivity contribution in [3.8, 4) is 0 Å². The van der Waals surface area contributed by atoms with Crippen molar-refractivity contribution in [2.24, 2.45) is 0 Å². The molecule has 0 radical (unpaired) electrons. The number of H-pyrrole nitrogens is 2. The Labute approximate surface area is 109 Å². The number of benzene rings is 1. The van der Waals surface area contributed by atoms with E-state index in [-0.39, 0.29) is 0 Å². The highest BCUT2D eigenvalue weighted by Gasteiger charge is 2.23. The highest BCUT2D eigenvalue weighted by molar-refractivity contribution is 5.91. The highest BCUT2D eigenvalue weighted by atomic mass is 16.2. The minimum absolute atomic E-state index is 0.412. The molecule has 0 amide bonds. The van der Waals surface area contributed by atoms with Crippen LogP contribution in [0.1, 0.15) is 30.2 Å². The second-order valence-corrected chi connectivity index (χ2v) is 4.73. The van der Waals surface area contributed by atoms with Crippen molar-refractivity contribution in [3.05, 3.63) is 67.7 Å². The summed E-state index contributed by atoms with van der Waals surface area (Å²) in [5.41, 5.74) is 3.79. The van der Waals surface area contributed by atoms with E-state index in [0.29, 0.717) is 12.0 Å². The minimum Gasteiger partial charge on any atom is -0.298 e. The molecular formula is C15H14N2O2. The molecule has 0 saturated heterocycles. The Hall–Kier alpha value is -2.36. The number of fused-ring (bicyclic) bond motifs is 1. The first-order valence-electron chi connectivity index (χ1n) is 6.28. The third kappa shape index (κ3) is 1.85. The Bertz CT molecular complexity index is 767. The standard InChI is InChI=1S/C15H14N2O2/c1-9(10-5-3-2-4-6-10)11-7-8-12-13(11)16-17-15(19)14(12)18/h2-6H,7-8H2,1H3,(H,16,18)(H,17,19)/b11-9+. The number of allylic oxidation sites excluding steroid dienone is 2. The molecule has 0 saturated carbocycles. The van der Waals surface area contributed by atoms with Gasteiger partial charge in [0, 0.05) is 5.56 Å².